The van der Waals surface area contributed by atoms with Crippen LogP contribution in [0.1, 0.15) is 44.7 Å². The maximum absolute atomic E-state index is 12.4. The Kier molecular flexibility index (Phi) is 4.64. The molecular weight excluding hydrogens is 294 g/mol. The van der Waals surface area contributed by atoms with Gasteiger partial charge >= 0.3 is 0 Å². The molecule has 126 valence electrons. The molecule has 0 bridgehead atoms. The predicted molar refractivity (Wildman–Crippen MR) is 84.7 cm³/mol. The van der Waals surface area contributed by atoms with Crippen molar-refractivity contribution in [2.75, 3.05) is 19.7 Å². The highest BCUT2D eigenvalue weighted by Gasteiger charge is 2.44. The van der Waals surface area contributed by atoms with Gasteiger partial charge in [-0.15, -0.1) is 0 Å². The van der Waals surface area contributed by atoms with Crippen molar-refractivity contribution >= 4 is 5.91 Å². The first-order valence-corrected chi connectivity index (χ1v) is 8.37. The monoisotopic (exact) mass is 319 g/mol. The number of ether oxygens (including phenoxy) is 1. The molecule has 0 radical (unpaired) electrons. The molecule has 23 heavy (non-hydrogen) atoms. The number of carbonyl (C=O) groups excluding carboxylic acids is 1. The largest absolute Gasteiger partial charge is 0.390 e. The molecule has 6 heteroatoms. The van der Waals surface area contributed by atoms with Gasteiger partial charge in [0.2, 0.25) is 5.91 Å². The van der Waals surface area contributed by atoms with Crippen LogP contribution >= 0.6 is 0 Å². The van der Waals surface area contributed by atoms with Crippen LogP contribution in [0.25, 0.3) is 0 Å². The third-order valence-corrected chi connectivity index (χ3v) is 4.99. The molecule has 1 aromatic rings. The first-order chi connectivity index (χ1) is 11.0. The van der Waals surface area contributed by atoms with Crippen LogP contribution in [-0.2, 0) is 16.0 Å². The summed E-state index contributed by atoms with van der Waals surface area (Å²) < 4.78 is 5.98. The number of likely N-dealkylation sites (tertiary alicyclic amines) is 1. The summed E-state index contributed by atoms with van der Waals surface area (Å²) in [4.78, 5) is 22.5. The van der Waals surface area contributed by atoms with E-state index in [1.807, 2.05) is 11.8 Å². The Bertz CT molecular complexity index is 539. The summed E-state index contributed by atoms with van der Waals surface area (Å²) in [7, 11) is 0. The van der Waals surface area contributed by atoms with Crippen LogP contribution in [0, 0.1) is 0 Å². The normalized spacial score (nSPS) is 27.1. The van der Waals surface area contributed by atoms with E-state index in [0.29, 0.717) is 45.4 Å². The minimum absolute atomic E-state index is 0.160. The predicted octanol–water partition coefficient (Wildman–Crippen LogP) is 1.33. The van der Waals surface area contributed by atoms with Crippen LogP contribution in [0.15, 0.2) is 18.6 Å². The summed E-state index contributed by atoms with van der Waals surface area (Å²) in [6.07, 6.45) is 9.04. The van der Waals surface area contributed by atoms with Crippen LogP contribution in [0.5, 0.6) is 0 Å². The maximum Gasteiger partial charge on any atom is 0.222 e. The Balaban J connectivity index is 1.49. The van der Waals surface area contributed by atoms with E-state index in [4.69, 9.17) is 4.74 Å². The van der Waals surface area contributed by atoms with E-state index in [9.17, 15) is 9.90 Å². The van der Waals surface area contributed by atoms with Crippen molar-refractivity contribution in [2.24, 2.45) is 0 Å². The molecular formula is C17H25N3O3. The lowest BCUT2D eigenvalue weighted by atomic mass is 9.78. The summed E-state index contributed by atoms with van der Waals surface area (Å²) in [6.45, 7) is 3.90. The van der Waals surface area contributed by atoms with Crippen molar-refractivity contribution in [3.63, 3.8) is 0 Å². The molecule has 1 atom stereocenters. The van der Waals surface area contributed by atoms with Gasteiger partial charge in [0, 0.05) is 44.5 Å². The Labute approximate surface area is 136 Å². The molecule has 1 amide bonds. The molecule has 6 nitrogen and oxygen atoms in total. The number of rotatable bonds is 3. The average Bonchev–Trinajstić information content (AvgIpc) is 2.53. The summed E-state index contributed by atoms with van der Waals surface area (Å²) in [5.41, 5.74) is -0.0409. The zero-order chi connectivity index (χ0) is 16.3. The number of aliphatic hydroxyl groups is 1. The third-order valence-electron chi connectivity index (χ3n) is 4.99. The maximum atomic E-state index is 12.4. The molecule has 2 saturated heterocycles. The fraction of sp³-hybridized carbons (Fsp3) is 0.706. The van der Waals surface area contributed by atoms with Crippen molar-refractivity contribution in [3.05, 3.63) is 24.3 Å². The average molecular weight is 319 g/mol. The molecule has 1 spiro atoms. The SMILES string of the molecule is CC1(O)CCOC2(CCN(C(=O)CCc3cnccn3)CC2)C1. The second-order valence-electron chi connectivity index (χ2n) is 7.03. The second-order valence-corrected chi connectivity index (χ2v) is 7.03. The molecule has 2 aliphatic rings. The van der Waals surface area contributed by atoms with Gasteiger partial charge in [-0.25, -0.2) is 0 Å². The van der Waals surface area contributed by atoms with Crippen molar-refractivity contribution < 1.29 is 14.6 Å². The summed E-state index contributed by atoms with van der Waals surface area (Å²) >= 11 is 0. The Morgan fingerprint density at radius 3 is 2.78 bits per heavy atom. The topological polar surface area (TPSA) is 75.6 Å². The molecule has 2 aliphatic heterocycles. The molecule has 0 aliphatic carbocycles. The van der Waals surface area contributed by atoms with Gasteiger partial charge in [-0.3, -0.25) is 14.8 Å². The molecule has 0 aromatic carbocycles. The number of piperidine rings is 1. The quantitative estimate of drug-likeness (QED) is 0.910. The number of hydrogen-bond acceptors (Lipinski definition) is 5. The summed E-state index contributed by atoms with van der Waals surface area (Å²) in [5, 5.41) is 10.3. The molecule has 1 N–H and O–H groups in total. The lowest BCUT2D eigenvalue weighted by molar-refractivity contribution is -0.175. The fourth-order valence-electron chi connectivity index (χ4n) is 3.66. The van der Waals surface area contributed by atoms with Gasteiger partial charge in [-0.2, -0.15) is 0 Å². The molecule has 0 saturated carbocycles. The zero-order valence-corrected chi connectivity index (χ0v) is 13.7. The van der Waals surface area contributed by atoms with E-state index in [1.54, 1.807) is 18.6 Å². The van der Waals surface area contributed by atoms with Crippen LogP contribution in [-0.4, -0.2) is 56.8 Å². The third kappa shape index (κ3) is 4.06. The van der Waals surface area contributed by atoms with Crippen molar-refractivity contribution in [2.45, 2.75) is 56.7 Å². The Morgan fingerprint density at radius 2 is 2.13 bits per heavy atom. The fourth-order valence-corrected chi connectivity index (χ4v) is 3.66. The number of carbonyl (C=O) groups is 1. The highest BCUT2D eigenvalue weighted by atomic mass is 16.5. The van der Waals surface area contributed by atoms with Crippen LogP contribution < -0.4 is 0 Å². The number of aromatic nitrogens is 2. The molecule has 2 fully saturated rings. The smallest absolute Gasteiger partial charge is 0.222 e. The minimum atomic E-state index is -0.642. The number of nitrogens with zero attached hydrogens (tertiary/aromatic N) is 3. The standard InChI is InChI=1S/C17H25N3O3/c1-16(22)6-11-23-17(13-16)4-9-20(10-5-17)15(21)3-2-14-12-18-7-8-19-14/h7-8,12,22H,2-6,9-11,13H2,1H3. The summed E-state index contributed by atoms with van der Waals surface area (Å²) in [5.74, 6) is 0.160. The Hall–Kier alpha value is -1.53. The minimum Gasteiger partial charge on any atom is -0.390 e. The van der Waals surface area contributed by atoms with E-state index < -0.39 is 5.60 Å². The number of hydrogen-bond donors (Lipinski definition) is 1. The highest BCUT2D eigenvalue weighted by Crippen LogP contribution is 2.39. The van der Waals surface area contributed by atoms with Gasteiger partial charge in [0.15, 0.2) is 0 Å². The van der Waals surface area contributed by atoms with Crippen molar-refractivity contribution in [3.8, 4) is 0 Å². The van der Waals surface area contributed by atoms with E-state index in [1.165, 1.54) is 0 Å². The lowest BCUT2D eigenvalue weighted by Gasteiger charge is -2.48. The first kappa shape index (κ1) is 16.3. The molecule has 3 heterocycles. The van der Waals surface area contributed by atoms with Gasteiger partial charge in [0.25, 0.3) is 0 Å². The molecule has 1 aromatic heterocycles. The Morgan fingerprint density at radius 1 is 1.35 bits per heavy atom. The first-order valence-electron chi connectivity index (χ1n) is 8.37. The van der Waals surface area contributed by atoms with E-state index in [-0.39, 0.29) is 11.5 Å². The van der Waals surface area contributed by atoms with Gasteiger partial charge in [-0.05, 0) is 32.6 Å². The highest BCUT2D eigenvalue weighted by molar-refractivity contribution is 5.76. The molecule has 1 unspecified atom stereocenters. The second kappa shape index (κ2) is 6.53. The van der Waals surface area contributed by atoms with E-state index >= 15 is 0 Å². The van der Waals surface area contributed by atoms with E-state index in [0.717, 1.165) is 18.5 Å². The number of aryl methyl sites for hydroxylation is 1. The summed E-state index contributed by atoms with van der Waals surface area (Å²) in [6, 6.07) is 0. The number of amides is 1. The van der Waals surface area contributed by atoms with Gasteiger partial charge < -0.3 is 14.7 Å². The van der Waals surface area contributed by atoms with Crippen molar-refractivity contribution in [1.29, 1.82) is 0 Å². The van der Waals surface area contributed by atoms with Crippen LogP contribution in [0.3, 0.4) is 0 Å². The van der Waals surface area contributed by atoms with Crippen molar-refractivity contribution in [1.82, 2.24) is 14.9 Å². The van der Waals surface area contributed by atoms with Crippen LogP contribution in [0.2, 0.25) is 0 Å². The van der Waals surface area contributed by atoms with Gasteiger partial charge in [-0.1, -0.05) is 0 Å². The van der Waals surface area contributed by atoms with Gasteiger partial charge in [0.1, 0.15) is 0 Å². The van der Waals surface area contributed by atoms with Gasteiger partial charge in [0.05, 0.1) is 23.5 Å². The molecule has 3 rings (SSSR count). The zero-order valence-electron chi connectivity index (χ0n) is 13.7. The van der Waals surface area contributed by atoms with Crippen LogP contribution in [0.4, 0.5) is 0 Å². The lowest BCUT2D eigenvalue weighted by Crippen LogP contribution is -2.54. The van der Waals surface area contributed by atoms with E-state index in [2.05, 4.69) is 9.97 Å².